The molecule has 18 heavy (non-hydrogen) atoms. The molecule has 1 aromatic carbocycles. The van der Waals surface area contributed by atoms with Crippen LogP contribution in [0.3, 0.4) is 0 Å². The third-order valence-corrected chi connectivity index (χ3v) is 2.74. The first kappa shape index (κ1) is 14.4. The zero-order chi connectivity index (χ0) is 13.5. The summed E-state index contributed by atoms with van der Waals surface area (Å²) in [5, 5.41) is 3.29. The van der Waals surface area contributed by atoms with Crippen LogP contribution in [0.4, 0.5) is 11.4 Å². The number of ether oxygens (including phenoxy) is 1. The van der Waals surface area contributed by atoms with Gasteiger partial charge in [-0.15, -0.1) is 0 Å². The number of carbonyl (C=O) groups excluding carboxylic acids is 1. The van der Waals surface area contributed by atoms with E-state index in [1.54, 1.807) is 12.1 Å². The molecule has 1 unspecified atom stereocenters. The molecule has 0 heterocycles. The summed E-state index contributed by atoms with van der Waals surface area (Å²) >= 11 is 0. The summed E-state index contributed by atoms with van der Waals surface area (Å²) in [6, 6.07) is 5.57. The average Bonchev–Trinajstić information content (AvgIpc) is 2.38. The molecular formula is C14H22N2O2. The van der Waals surface area contributed by atoms with Crippen LogP contribution in [0.1, 0.15) is 44.0 Å². The number of benzene rings is 1. The van der Waals surface area contributed by atoms with Crippen LogP contribution in [0, 0.1) is 0 Å². The Kier molecular flexibility index (Phi) is 5.49. The minimum atomic E-state index is -0.321. The Bertz CT molecular complexity index is 405. The van der Waals surface area contributed by atoms with Gasteiger partial charge in [0, 0.05) is 6.04 Å². The molecule has 0 saturated carbocycles. The Hall–Kier alpha value is -1.71. The van der Waals surface area contributed by atoms with Gasteiger partial charge in [0.1, 0.15) is 0 Å². The SMILES string of the molecule is CCCOC(=O)c1ccc(NC(C)CC)c(N)c1. The van der Waals surface area contributed by atoms with Gasteiger partial charge in [-0.05, 0) is 38.0 Å². The van der Waals surface area contributed by atoms with E-state index in [1.807, 2.05) is 13.0 Å². The normalized spacial score (nSPS) is 11.9. The summed E-state index contributed by atoms with van der Waals surface area (Å²) in [4.78, 5) is 11.6. The Morgan fingerprint density at radius 1 is 1.44 bits per heavy atom. The molecule has 0 spiro atoms. The van der Waals surface area contributed by atoms with Gasteiger partial charge in [0.25, 0.3) is 0 Å². The lowest BCUT2D eigenvalue weighted by molar-refractivity contribution is 0.0505. The molecule has 1 aromatic rings. The lowest BCUT2D eigenvalue weighted by Crippen LogP contribution is -2.15. The monoisotopic (exact) mass is 250 g/mol. The Morgan fingerprint density at radius 2 is 2.17 bits per heavy atom. The van der Waals surface area contributed by atoms with Gasteiger partial charge in [0.2, 0.25) is 0 Å². The van der Waals surface area contributed by atoms with E-state index in [9.17, 15) is 4.79 Å². The number of hydrogen-bond acceptors (Lipinski definition) is 4. The van der Waals surface area contributed by atoms with Crippen LogP contribution < -0.4 is 11.1 Å². The van der Waals surface area contributed by atoms with E-state index >= 15 is 0 Å². The van der Waals surface area contributed by atoms with Crippen LogP contribution >= 0.6 is 0 Å². The van der Waals surface area contributed by atoms with E-state index in [0.29, 0.717) is 23.9 Å². The summed E-state index contributed by atoms with van der Waals surface area (Å²) in [7, 11) is 0. The van der Waals surface area contributed by atoms with Crippen LogP contribution in [-0.2, 0) is 4.74 Å². The van der Waals surface area contributed by atoms with E-state index in [4.69, 9.17) is 10.5 Å². The van der Waals surface area contributed by atoms with Gasteiger partial charge in [-0.25, -0.2) is 4.79 Å². The van der Waals surface area contributed by atoms with Gasteiger partial charge >= 0.3 is 5.97 Å². The molecular weight excluding hydrogens is 228 g/mol. The van der Waals surface area contributed by atoms with E-state index in [-0.39, 0.29) is 5.97 Å². The zero-order valence-electron chi connectivity index (χ0n) is 11.3. The standard InChI is InChI=1S/C14H22N2O2/c1-4-8-18-14(17)11-6-7-13(12(15)9-11)16-10(3)5-2/h6-7,9-10,16H,4-5,8,15H2,1-3H3. The topological polar surface area (TPSA) is 64.3 Å². The first-order valence-corrected chi connectivity index (χ1v) is 6.41. The summed E-state index contributed by atoms with van der Waals surface area (Å²) in [5.74, 6) is -0.321. The molecule has 0 saturated heterocycles. The number of rotatable bonds is 6. The van der Waals surface area contributed by atoms with E-state index in [2.05, 4.69) is 19.2 Å². The summed E-state index contributed by atoms with van der Waals surface area (Å²) in [6.07, 6.45) is 1.83. The highest BCUT2D eigenvalue weighted by atomic mass is 16.5. The molecule has 0 fully saturated rings. The first-order chi connectivity index (χ1) is 8.58. The highest BCUT2D eigenvalue weighted by Gasteiger charge is 2.10. The first-order valence-electron chi connectivity index (χ1n) is 6.41. The highest BCUT2D eigenvalue weighted by Crippen LogP contribution is 2.21. The third kappa shape index (κ3) is 3.95. The number of hydrogen-bond donors (Lipinski definition) is 2. The lowest BCUT2D eigenvalue weighted by atomic mass is 10.1. The largest absolute Gasteiger partial charge is 0.462 e. The van der Waals surface area contributed by atoms with Gasteiger partial charge < -0.3 is 15.8 Å². The fourth-order valence-electron chi connectivity index (χ4n) is 1.47. The maximum Gasteiger partial charge on any atom is 0.338 e. The number of nitrogen functional groups attached to an aromatic ring is 1. The number of nitrogens with one attached hydrogen (secondary N) is 1. The third-order valence-electron chi connectivity index (χ3n) is 2.74. The minimum Gasteiger partial charge on any atom is -0.462 e. The van der Waals surface area contributed by atoms with E-state index in [1.165, 1.54) is 0 Å². The summed E-state index contributed by atoms with van der Waals surface area (Å²) < 4.78 is 5.06. The molecule has 0 amide bonds. The molecule has 0 aromatic heterocycles. The number of esters is 1. The van der Waals surface area contributed by atoms with Crippen molar-refractivity contribution in [2.45, 2.75) is 39.7 Å². The second kappa shape index (κ2) is 6.89. The molecule has 100 valence electrons. The van der Waals surface area contributed by atoms with Gasteiger partial charge in [-0.2, -0.15) is 0 Å². The molecule has 0 aliphatic heterocycles. The van der Waals surface area contributed by atoms with Crippen molar-refractivity contribution in [3.63, 3.8) is 0 Å². The van der Waals surface area contributed by atoms with Crippen LogP contribution in [0.15, 0.2) is 18.2 Å². The average molecular weight is 250 g/mol. The molecule has 1 rings (SSSR count). The maximum absolute atomic E-state index is 11.6. The van der Waals surface area contributed by atoms with Crippen molar-refractivity contribution in [2.75, 3.05) is 17.7 Å². The van der Waals surface area contributed by atoms with Crippen LogP contribution in [0.5, 0.6) is 0 Å². The van der Waals surface area contributed by atoms with E-state index < -0.39 is 0 Å². The molecule has 0 aliphatic rings. The molecule has 1 atom stereocenters. The summed E-state index contributed by atoms with van der Waals surface area (Å²) in [5.41, 5.74) is 7.84. The summed E-state index contributed by atoms with van der Waals surface area (Å²) in [6.45, 7) is 6.58. The molecule has 4 nitrogen and oxygen atoms in total. The van der Waals surface area contributed by atoms with Crippen molar-refractivity contribution >= 4 is 17.3 Å². The van der Waals surface area contributed by atoms with Gasteiger partial charge in [-0.1, -0.05) is 13.8 Å². The van der Waals surface area contributed by atoms with Gasteiger partial charge in [-0.3, -0.25) is 0 Å². The van der Waals surface area contributed by atoms with Crippen molar-refractivity contribution in [1.29, 1.82) is 0 Å². The molecule has 4 heteroatoms. The molecule has 3 N–H and O–H groups in total. The highest BCUT2D eigenvalue weighted by molar-refractivity contribution is 5.91. The van der Waals surface area contributed by atoms with Gasteiger partial charge in [0.15, 0.2) is 0 Å². The fourth-order valence-corrected chi connectivity index (χ4v) is 1.47. The van der Waals surface area contributed by atoms with Crippen molar-refractivity contribution in [1.82, 2.24) is 0 Å². The quantitative estimate of drug-likeness (QED) is 0.601. The van der Waals surface area contributed by atoms with Crippen molar-refractivity contribution in [2.24, 2.45) is 0 Å². The lowest BCUT2D eigenvalue weighted by Gasteiger charge is -2.15. The van der Waals surface area contributed by atoms with E-state index in [0.717, 1.165) is 18.5 Å². The number of carbonyl (C=O) groups is 1. The second-order valence-electron chi connectivity index (χ2n) is 4.39. The minimum absolute atomic E-state index is 0.321. The Balaban J connectivity index is 2.75. The van der Waals surface area contributed by atoms with Crippen molar-refractivity contribution in [3.05, 3.63) is 23.8 Å². The van der Waals surface area contributed by atoms with Gasteiger partial charge in [0.05, 0.1) is 23.5 Å². The second-order valence-corrected chi connectivity index (χ2v) is 4.39. The maximum atomic E-state index is 11.6. The molecule has 0 aliphatic carbocycles. The molecule has 0 bridgehead atoms. The Morgan fingerprint density at radius 3 is 2.72 bits per heavy atom. The van der Waals surface area contributed by atoms with Crippen LogP contribution in [0.25, 0.3) is 0 Å². The predicted octanol–water partition coefficient (Wildman–Crippen LogP) is 3.05. The fraction of sp³-hybridized carbons (Fsp3) is 0.500. The van der Waals surface area contributed by atoms with Crippen LogP contribution in [-0.4, -0.2) is 18.6 Å². The molecule has 0 radical (unpaired) electrons. The number of nitrogens with two attached hydrogens (primary N) is 1. The number of anilines is 2. The van der Waals surface area contributed by atoms with Crippen LogP contribution in [0.2, 0.25) is 0 Å². The zero-order valence-corrected chi connectivity index (χ0v) is 11.3. The smallest absolute Gasteiger partial charge is 0.338 e. The Labute approximate surface area is 109 Å². The van der Waals surface area contributed by atoms with Crippen molar-refractivity contribution < 1.29 is 9.53 Å². The predicted molar refractivity (Wildman–Crippen MR) is 74.8 cm³/mol. The van der Waals surface area contributed by atoms with Crippen molar-refractivity contribution in [3.8, 4) is 0 Å².